The molecule has 1 heterocycles. The van der Waals surface area contributed by atoms with Crippen LogP contribution in [-0.4, -0.2) is 41.5 Å². The Morgan fingerprint density at radius 2 is 1.73 bits per heavy atom. The van der Waals surface area contributed by atoms with Crippen molar-refractivity contribution in [2.24, 2.45) is 23.7 Å². The van der Waals surface area contributed by atoms with E-state index < -0.39 is 0 Å². The minimum atomic E-state index is -0.275. The smallest absolute Gasteiger partial charge is 0.240 e. The zero-order valence-corrected chi connectivity index (χ0v) is 16.5. The summed E-state index contributed by atoms with van der Waals surface area (Å²) in [5.74, 6) is -0.00443. The van der Waals surface area contributed by atoms with Crippen molar-refractivity contribution in [3.8, 4) is 0 Å². The molecule has 136 valence electrons. The zero-order chi connectivity index (χ0) is 18.3. The van der Waals surface area contributed by atoms with Crippen LogP contribution in [0.4, 0.5) is 0 Å². The van der Waals surface area contributed by atoms with Gasteiger partial charge in [0.2, 0.25) is 17.7 Å². The number of imide groups is 1. The molecule has 4 rings (SSSR count). The van der Waals surface area contributed by atoms with Gasteiger partial charge >= 0.3 is 0 Å². The van der Waals surface area contributed by atoms with Crippen LogP contribution < -0.4 is 5.32 Å². The number of nitrogens with one attached hydrogen (secondary N) is 1. The summed E-state index contributed by atoms with van der Waals surface area (Å²) in [5.41, 5.74) is 0. The Balaban J connectivity index is 1.24. The minimum absolute atomic E-state index is 0.160. The number of carbonyl (C=O) groups excluding carboxylic acids is 3. The van der Waals surface area contributed by atoms with Crippen LogP contribution in [0.5, 0.6) is 0 Å². The van der Waals surface area contributed by atoms with Gasteiger partial charge in [0.05, 0.1) is 11.8 Å². The molecule has 1 aliphatic heterocycles. The first kappa shape index (κ1) is 17.8. The van der Waals surface area contributed by atoms with Crippen LogP contribution in [0.1, 0.15) is 6.42 Å². The molecule has 1 saturated carbocycles. The van der Waals surface area contributed by atoms with E-state index in [1.165, 1.54) is 4.90 Å². The van der Waals surface area contributed by atoms with Crippen molar-refractivity contribution in [1.82, 2.24) is 10.2 Å². The summed E-state index contributed by atoms with van der Waals surface area (Å²) in [6.45, 7) is 0.336. The van der Waals surface area contributed by atoms with E-state index in [0.717, 1.165) is 21.5 Å². The first-order valence-electron chi connectivity index (χ1n) is 8.73. The fraction of sp³-hybridized carbons (Fsp3) is 0.421. The fourth-order valence-corrected chi connectivity index (χ4v) is 5.24. The highest BCUT2D eigenvalue weighted by Gasteiger charge is 2.59. The van der Waals surface area contributed by atoms with Gasteiger partial charge in [-0.3, -0.25) is 19.3 Å². The topological polar surface area (TPSA) is 66.5 Å². The molecule has 1 N–H and O–H groups in total. The van der Waals surface area contributed by atoms with Gasteiger partial charge in [-0.2, -0.15) is 0 Å². The SMILES string of the molecule is O=C(CN1C(=O)C2C3C=CC(C3)C2C1=O)NCCSc1ccc(Br)cc1. The Morgan fingerprint density at radius 3 is 2.35 bits per heavy atom. The standard InChI is InChI=1S/C19H19BrN2O3S/c20-13-3-5-14(6-4-13)26-8-7-21-15(23)10-22-18(24)16-11-1-2-12(9-11)17(16)19(22)25/h1-6,11-12,16-17H,7-10H2,(H,21,23). The van der Waals surface area contributed by atoms with E-state index >= 15 is 0 Å². The van der Waals surface area contributed by atoms with Crippen LogP contribution in [0.15, 0.2) is 45.8 Å². The van der Waals surface area contributed by atoms with Crippen LogP contribution >= 0.6 is 27.7 Å². The van der Waals surface area contributed by atoms with Crippen LogP contribution in [-0.2, 0) is 14.4 Å². The number of amides is 3. The van der Waals surface area contributed by atoms with Crippen molar-refractivity contribution in [3.05, 3.63) is 40.9 Å². The van der Waals surface area contributed by atoms with Gasteiger partial charge in [0.1, 0.15) is 6.54 Å². The number of fused-ring (bicyclic) bond motifs is 5. The number of halogens is 1. The van der Waals surface area contributed by atoms with E-state index in [4.69, 9.17) is 0 Å². The number of thioether (sulfide) groups is 1. The molecule has 26 heavy (non-hydrogen) atoms. The van der Waals surface area contributed by atoms with E-state index in [-0.39, 0.29) is 47.9 Å². The Kier molecular flexibility index (Phi) is 4.92. The molecule has 2 bridgehead atoms. The van der Waals surface area contributed by atoms with Gasteiger partial charge in [-0.1, -0.05) is 28.1 Å². The molecule has 0 radical (unpaired) electrons. The number of rotatable bonds is 6. The van der Waals surface area contributed by atoms with Crippen molar-refractivity contribution in [2.45, 2.75) is 11.3 Å². The molecule has 0 spiro atoms. The number of nitrogens with zero attached hydrogens (tertiary/aromatic N) is 1. The highest BCUT2D eigenvalue weighted by atomic mass is 79.9. The van der Waals surface area contributed by atoms with Crippen LogP contribution in [0, 0.1) is 23.7 Å². The highest BCUT2D eigenvalue weighted by molar-refractivity contribution is 9.10. The molecular formula is C19H19BrN2O3S. The summed E-state index contributed by atoms with van der Waals surface area (Å²) in [4.78, 5) is 39.5. The Morgan fingerprint density at radius 1 is 1.12 bits per heavy atom. The van der Waals surface area contributed by atoms with Crippen molar-refractivity contribution in [3.63, 3.8) is 0 Å². The van der Waals surface area contributed by atoms with Gasteiger partial charge in [0.15, 0.2) is 0 Å². The lowest BCUT2D eigenvalue weighted by atomic mass is 9.85. The second-order valence-corrected chi connectivity index (χ2v) is 9.00. The van der Waals surface area contributed by atoms with Crippen LogP contribution in [0.25, 0.3) is 0 Å². The van der Waals surface area contributed by atoms with Crippen molar-refractivity contribution in [1.29, 1.82) is 0 Å². The second kappa shape index (κ2) is 7.19. The first-order chi connectivity index (χ1) is 12.5. The van der Waals surface area contributed by atoms with Crippen molar-refractivity contribution in [2.75, 3.05) is 18.8 Å². The summed E-state index contributed by atoms with van der Waals surface area (Å²) >= 11 is 5.04. The molecule has 1 aromatic carbocycles. The molecule has 3 aliphatic rings. The van der Waals surface area contributed by atoms with Gasteiger partial charge < -0.3 is 5.32 Å². The fourth-order valence-electron chi connectivity index (χ4n) is 4.21. The molecule has 4 atom stereocenters. The maximum Gasteiger partial charge on any atom is 0.240 e. The normalized spacial score (nSPS) is 28.7. The minimum Gasteiger partial charge on any atom is -0.354 e. The van der Waals surface area contributed by atoms with Crippen LogP contribution in [0.3, 0.4) is 0 Å². The lowest BCUT2D eigenvalue weighted by Gasteiger charge is -2.16. The van der Waals surface area contributed by atoms with Crippen LogP contribution in [0.2, 0.25) is 0 Å². The average Bonchev–Trinajstić information content (AvgIpc) is 3.30. The number of likely N-dealkylation sites (tertiary alicyclic amines) is 1. The highest BCUT2D eigenvalue weighted by Crippen LogP contribution is 2.52. The number of allylic oxidation sites excluding steroid dienone is 2. The van der Waals surface area contributed by atoms with E-state index in [2.05, 4.69) is 33.4 Å². The maximum absolute atomic E-state index is 12.5. The van der Waals surface area contributed by atoms with Gasteiger partial charge in [-0.15, -0.1) is 11.8 Å². The third-order valence-corrected chi connectivity index (χ3v) is 6.91. The number of benzene rings is 1. The predicted octanol–water partition coefficient (Wildman–Crippen LogP) is 2.46. The van der Waals surface area contributed by atoms with Gasteiger partial charge in [-0.25, -0.2) is 0 Å². The molecule has 2 aliphatic carbocycles. The Hall–Kier alpha value is -1.60. The third-order valence-electron chi connectivity index (χ3n) is 5.37. The first-order valence-corrected chi connectivity index (χ1v) is 10.5. The average molecular weight is 435 g/mol. The van der Waals surface area contributed by atoms with E-state index in [0.29, 0.717) is 6.54 Å². The molecule has 5 nitrogen and oxygen atoms in total. The molecule has 2 fully saturated rings. The molecule has 1 aromatic rings. The summed E-state index contributed by atoms with van der Waals surface area (Å²) in [6.07, 6.45) is 5.01. The second-order valence-electron chi connectivity index (χ2n) is 6.91. The summed E-state index contributed by atoms with van der Waals surface area (Å²) in [5, 5.41) is 2.81. The van der Waals surface area contributed by atoms with Crippen molar-refractivity contribution >= 4 is 45.4 Å². The van der Waals surface area contributed by atoms with Gasteiger partial charge in [-0.05, 0) is 42.5 Å². The summed E-state index contributed by atoms with van der Waals surface area (Å²) < 4.78 is 1.03. The molecular weight excluding hydrogens is 416 g/mol. The molecule has 3 amide bonds. The van der Waals surface area contributed by atoms with Crippen molar-refractivity contribution < 1.29 is 14.4 Å². The molecule has 7 heteroatoms. The summed E-state index contributed by atoms with van der Waals surface area (Å²) in [6, 6.07) is 7.98. The molecule has 4 unspecified atom stereocenters. The lowest BCUT2D eigenvalue weighted by Crippen LogP contribution is -2.42. The summed E-state index contributed by atoms with van der Waals surface area (Å²) in [7, 11) is 0. The van der Waals surface area contributed by atoms with Gasteiger partial charge in [0.25, 0.3) is 0 Å². The van der Waals surface area contributed by atoms with Gasteiger partial charge in [0, 0.05) is 21.7 Å². The maximum atomic E-state index is 12.5. The lowest BCUT2D eigenvalue weighted by molar-refractivity contribution is -0.144. The van der Waals surface area contributed by atoms with E-state index in [1.54, 1.807) is 11.8 Å². The van der Waals surface area contributed by atoms with E-state index in [9.17, 15) is 14.4 Å². The molecule has 0 aromatic heterocycles. The quantitative estimate of drug-likeness (QED) is 0.323. The Labute approximate surface area is 164 Å². The van der Waals surface area contributed by atoms with E-state index in [1.807, 2.05) is 24.3 Å². The third kappa shape index (κ3) is 3.22. The number of hydrogen-bond acceptors (Lipinski definition) is 4. The zero-order valence-electron chi connectivity index (χ0n) is 14.1. The number of hydrogen-bond donors (Lipinski definition) is 1. The molecule has 1 saturated heterocycles. The monoisotopic (exact) mass is 434 g/mol. The Bertz CT molecular complexity index is 749. The number of carbonyl (C=O) groups is 3. The largest absolute Gasteiger partial charge is 0.354 e. The predicted molar refractivity (Wildman–Crippen MR) is 102 cm³/mol.